The van der Waals surface area contributed by atoms with Gasteiger partial charge in [0.2, 0.25) is 0 Å². The highest BCUT2D eigenvalue weighted by molar-refractivity contribution is 7.15. The van der Waals surface area contributed by atoms with Crippen LogP contribution in [0.1, 0.15) is 37.3 Å². The van der Waals surface area contributed by atoms with Crippen molar-refractivity contribution in [3.05, 3.63) is 10.6 Å². The number of carbonyl (C=O) groups excluding carboxylic acids is 1. The predicted molar refractivity (Wildman–Crippen MR) is 92.1 cm³/mol. The van der Waals surface area contributed by atoms with E-state index in [-0.39, 0.29) is 6.03 Å². The van der Waals surface area contributed by atoms with Crippen molar-refractivity contribution in [2.45, 2.75) is 45.1 Å². The number of aryl methyl sites for hydroxylation is 2. The first-order chi connectivity index (χ1) is 10.9. The molecule has 23 heavy (non-hydrogen) atoms. The van der Waals surface area contributed by atoms with Crippen molar-refractivity contribution in [3.63, 3.8) is 0 Å². The van der Waals surface area contributed by atoms with Gasteiger partial charge < -0.3 is 10.0 Å². The Hall–Kier alpha value is -1.18. The first-order valence-corrected chi connectivity index (χ1v) is 9.22. The van der Waals surface area contributed by atoms with Gasteiger partial charge in [-0.3, -0.25) is 10.2 Å². The molecule has 1 aromatic rings. The van der Waals surface area contributed by atoms with E-state index in [1.807, 2.05) is 18.7 Å². The molecular formula is C16H26N4O2S. The molecule has 128 valence electrons. The van der Waals surface area contributed by atoms with Gasteiger partial charge in [0.1, 0.15) is 0 Å². The van der Waals surface area contributed by atoms with E-state index in [1.165, 1.54) is 23.4 Å². The third kappa shape index (κ3) is 4.43. The van der Waals surface area contributed by atoms with Crippen LogP contribution in [-0.4, -0.2) is 64.2 Å². The van der Waals surface area contributed by atoms with Crippen LogP contribution in [0.5, 0.6) is 0 Å². The summed E-state index contributed by atoms with van der Waals surface area (Å²) in [6.07, 6.45) is 4.56. The average Bonchev–Trinajstić information content (AvgIpc) is 2.88. The number of urea groups is 1. The van der Waals surface area contributed by atoms with Crippen LogP contribution in [0.25, 0.3) is 0 Å². The van der Waals surface area contributed by atoms with Crippen LogP contribution in [0.3, 0.4) is 0 Å². The number of anilines is 1. The van der Waals surface area contributed by atoms with E-state index >= 15 is 0 Å². The van der Waals surface area contributed by atoms with Gasteiger partial charge in [-0.25, -0.2) is 9.78 Å². The Morgan fingerprint density at radius 2 is 1.96 bits per heavy atom. The molecule has 6 nitrogen and oxygen atoms in total. The second-order valence-corrected chi connectivity index (χ2v) is 8.19. The molecule has 0 unspecified atom stereocenters. The van der Waals surface area contributed by atoms with Crippen molar-refractivity contribution >= 4 is 22.5 Å². The predicted octanol–water partition coefficient (Wildman–Crippen LogP) is 1.94. The molecule has 0 spiro atoms. The maximum absolute atomic E-state index is 12.4. The van der Waals surface area contributed by atoms with E-state index in [0.29, 0.717) is 19.6 Å². The number of thiazole rings is 1. The number of carbonyl (C=O) groups is 1. The van der Waals surface area contributed by atoms with Gasteiger partial charge in [-0.05, 0) is 39.5 Å². The summed E-state index contributed by atoms with van der Waals surface area (Å²) in [6, 6.07) is -0.0565. The molecule has 0 radical (unpaired) electrons. The van der Waals surface area contributed by atoms with Gasteiger partial charge in [-0.15, -0.1) is 11.3 Å². The van der Waals surface area contributed by atoms with E-state index < -0.39 is 5.60 Å². The lowest BCUT2D eigenvalue weighted by molar-refractivity contribution is 0.0231. The largest absolute Gasteiger partial charge is 0.389 e. The lowest BCUT2D eigenvalue weighted by Gasteiger charge is -2.37. The molecule has 2 N–H and O–H groups in total. The highest BCUT2D eigenvalue weighted by atomic mass is 32.1. The summed E-state index contributed by atoms with van der Waals surface area (Å²) in [7, 11) is 0. The van der Waals surface area contributed by atoms with E-state index in [4.69, 9.17) is 0 Å². The van der Waals surface area contributed by atoms with Gasteiger partial charge in [0, 0.05) is 37.6 Å². The minimum absolute atomic E-state index is 0.0565. The molecule has 0 bridgehead atoms. The lowest BCUT2D eigenvalue weighted by Crippen LogP contribution is -2.52. The summed E-state index contributed by atoms with van der Waals surface area (Å²) >= 11 is 1.62. The summed E-state index contributed by atoms with van der Waals surface area (Å²) in [4.78, 5) is 22.3. The molecule has 2 aliphatic rings. The highest BCUT2D eigenvalue weighted by Gasteiger charge is 2.25. The van der Waals surface area contributed by atoms with Gasteiger partial charge in [0.25, 0.3) is 0 Å². The van der Waals surface area contributed by atoms with Gasteiger partial charge in [-0.2, -0.15) is 0 Å². The fraction of sp³-hybridized carbons (Fsp3) is 0.750. The minimum atomic E-state index is -0.690. The van der Waals surface area contributed by atoms with E-state index in [2.05, 4.69) is 15.2 Å². The van der Waals surface area contributed by atoms with Crippen LogP contribution in [0.4, 0.5) is 9.93 Å². The van der Waals surface area contributed by atoms with Crippen LogP contribution < -0.4 is 5.32 Å². The second kappa shape index (κ2) is 6.75. The number of aromatic nitrogens is 1. The van der Waals surface area contributed by atoms with Crippen LogP contribution in [-0.2, 0) is 12.8 Å². The van der Waals surface area contributed by atoms with Crippen molar-refractivity contribution in [1.82, 2.24) is 14.8 Å². The number of aliphatic hydroxyl groups is 1. The SMILES string of the molecule is CC(C)(O)CN1CCN(C(=O)Nc2nc3c(s2)CCCC3)CC1. The highest BCUT2D eigenvalue weighted by Crippen LogP contribution is 2.29. The van der Waals surface area contributed by atoms with E-state index in [1.54, 1.807) is 11.3 Å². The molecular weight excluding hydrogens is 312 g/mol. The Kier molecular flexibility index (Phi) is 4.89. The number of hydrogen-bond acceptors (Lipinski definition) is 5. The molecule has 7 heteroatoms. The molecule has 2 heterocycles. The number of hydrogen-bond donors (Lipinski definition) is 2. The molecule has 1 aliphatic heterocycles. The number of fused-ring (bicyclic) bond motifs is 1. The first kappa shape index (κ1) is 16.7. The maximum Gasteiger partial charge on any atom is 0.323 e. The smallest absolute Gasteiger partial charge is 0.323 e. The fourth-order valence-corrected chi connectivity index (χ4v) is 4.27. The monoisotopic (exact) mass is 338 g/mol. The summed E-state index contributed by atoms with van der Waals surface area (Å²) in [5, 5.41) is 13.6. The van der Waals surface area contributed by atoms with Gasteiger partial charge in [0.05, 0.1) is 11.3 Å². The average molecular weight is 338 g/mol. The summed E-state index contributed by atoms with van der Waals surface area (Å²) in [6.45, 7) is 7.24. The normalized spacial score (nSPS) is 19.5. The third-order valence-electron chi connectivity index (χ3n) is 4.33. The summed E-state index contributed by atoms with van der Waals surface area (Å²) in [5.41, 5.74) is 0.483. The van der Waals surface area contributed by atoms with Crippen LogP contribution in [0.15, 0.2) is 0 Å². The topological polar surface area (TPSA) is 68.7 Å². The first-order valence-electron chi connectivity index (χ1n) is 8.40. The Bertz CT molecular complexity index is 535. The van der Waals surface area contributed by atoms with E-state index in [9.17, 15) is 9.90 Å². The Balaban J connectivity index is 1.51. The zero-order chi connectivity index (χ0) is 16.4. The zero-order valence-corrected chi connectivity index (χ0v) is 14.8. The summed E-state index contributed by atoms with van der Waals surface area (Å²) < 4.78 is 0. The van der Waals surface area contributed by atoms with Crippen molar-refractivity contribution in [2.24, 2.45) is 0 Å². The number of nitrogens with one attached hydrogen (secondary N) is 1. The fourth-order valence-electron chi connectivity index (χ4n) is 3.23. The molecule has 0 atom stereocenters. The van der Waals surface area contributed by atoms with Gasteiger partial charge >= 0.3 is 6.03 Å². The number of rotatable bonds is 3. The van der Waals surface area contributed by atoms with Crippen molar-refractivity contribution in [2.75, 3.05) is 38.0 Å². The van der Waals surface area contributed by atoms with Crippen molar-refractivity contribution in [3.8, 4) is 0 Å². The third-order valence-corrected chi connectivity index (χ3v) is 5.40. The number of β-amino-alcohol motifs (C(OH)–C–C–N with tert-alkyl or cyclic N) is 1. The van der Waals surface area contributed by atoms with Crippen LogP contribution in [0.2, 0.25) is 0 Å². The number of piperazine rings is 1. The Morgan fingerprint density at radius 3 is 2.61 bits per heavy atom. The van der Waals surface area contributed by atoms with Crippen molar-refractivity contribution in [1.29, 1.82) is 0 Å². The van der Waals surface area contributed by atoms with Gasteiger partial charge in [0.15, 0.2) is 5.13 Å². The molecule has 1 saturated heterocycles. The van der Waals surface area contributed by atoms with Gasteiger partial charge in [-0.1, -0.05) is 0 Å². The number of amides is 2. The molecule has 1 fully saturated rings. The molecule has 1 aromatic heterocycles. The van der Waals surface area contributed by atoms with Crippen LogP contribution in [0, 0.1) is 0 Å². The van der Waals surface area contributed by atoms with Crippen LogP contribution >= 0.6 is 11.3 Å². The quantitative estimate of drug-likeness (QED) is 0.884. The standard InChI is InChI=1S/C16H26N4O2S/c1-16(2,22)11-19-7-9-20(10-8-19)15(21)18-14-17-12-5-3-4-6-13(12)23-14/h22H,3-11H2,1-2H3,(H,17,18,21). The maximum atomic E-state index is 12.4. The Labute approximate surface area is 141 Å². The number of nitrogens with zero attached hydrogens (tertiary/aromatic N) is 3. The zero-order valence-electron chi connectivity index (χ0n) is 14.0. The molecule has 1 aliphatic carbocycles. The lowest BCUT2D eigenvalue weighted by atomic mass is 10.0. The molecule has 2 amide bonds. The second-order valence-electron chi connectivity index (χ2n) is 7.10. The summed E-state index contributed by atoms with van der Waals surface area (Å²) in [5.74, 6) is 0. The Morgan fingerprint density at radius 1 is 1.26 bits per heavy atom. The molecule has 3 rings (SSSR count). The minimum Gasteiger partial charge on any atom is -0.389 e. The molecule has 0 saturated carbocycles. The van der Waals surface area contributed by atoms with E-state index in [0.717, 1.165) is 31.1 Å². The van der Waals surface area contributed by atoms with Crippen molar-refractivity contribution < 1.29 is 9.90 Å². The molecule has 0 aromatic carbocycles.